The molecule has 3 fully saturated rings. The lowest BCUT2D eigenvalue weighted by Crippen LogP contribution is -2.33. The Kier molecular flexibility index (Phi) is 6.38. The third-order valence-corrected chi connectivity index (χ3v) is 8.30. The fourth-order valence-electron chi connectivity index (χ4n) is 6.72. The summed E-state index contributed by atoms with van der Waals surface area (Å²) >= 11 is 0. The lowest BCUT2D eigenvalue weighted by atomic mass is 9.73. The second-order valence-corrected chi connectivity index (χ2v) is 10.4. The highest BCUT2D eigenvalue weighted by Crippen LogP contribution is 2.61. The van der Waals surface area contributed by atoms with Gasteiger partial charge in [-0.15, -0.1) is 0 Å². The monoisotopic (exact) mass is 524 g/mol. The normalized spacial score (nSPS) is 24.9. The van der Waals surface area contributed by atoms with Crippen molar-refractivity contribution in [2.24, 2.45) is 23.7 Å². The summed E-state index contributed by atoms with van der Waals surface area (Å²) in [5.41, 5.74) is 2.19. The van der Waals surface area contributed by atoms with Crippen molar-refractivity contribution in [2.75, 3.05) is 23.9 Å². The van der Waals surface area contributed by atoms with Gasteiger partial charge in [-0.3, -0.25) is 19.3 Å². The average Bonchev–Trinajstić information content (AvgIpc) is 3.63. The molecule has 0 aromatic heterocycles. The van der Waals surface area contributed by atoms with E-state index in [0.29, 0.717) is 17.1 Å². The topological polar surface area (TPSA) is 102 Å². The number of esters is 1. The maximum absolute atomic E-state index is 13.6. The molecule has 3 aromatic rings. The third-order valence-electron chi connectivity index (χ3n) is 8.30. The maximum Gasteiger partial charge on any atom is 0.338 e. The highest BCUT2D eigenvalue weighted by atomic mass is 16.5. The van der Waals surface area contributed by atoms with E-state index in [1.165, 1.54) is 29.7 Å². The second-order valence-electron chi connectivity index (χ2n) is 10.4. The van der Waals surface area contributed by atoms with Crippen LogP contribution in [-0.2, 0) is 19.1 Å². The minimum atomic E-state index is -0.726. The summed E-state index contributed by atoms with van der Waals surface area (Å²) in [4.78, 5) is 53.4. The summed E-state index contributed by atoms with van der Waals surface area (Å²) in [6.45, 7) is -0.503. The number of hydrogen-bond acceptors (Lipinski definition) is 6. The predicted molar refractivity (Wildman–Crippen MR) is 143 cm³/mol. The zero-order chi connectivity index (χ0) is 27.1. The van der Waals surface area contributed by atoms with Crippen molar-refractivity contribution in [3.8, 4) is 5.75 Å². The first-order valence-electron chi connectivity index (χ1n) is 13.1. The van der Waals surface area contributed by atoms with Gasteiger partial charge in [-0.25, -0.2) is 4.79 Å². The van der Waals surface area contributed by atoms with E-state index in [0.717, 1.165) is 12.8 Å². The van der Waals surface area contributed by atoms with Crippen LogP contribution in [0.1, 0.15) is 34.7 Å². The van der Waals surface area contributed by atoms with E-state index in [9.17, 15) is 19.2 Å². The zero-order valence-electron chi connectivity index (χ0n) is 21.4. The summed E-state index contributed by atoms with van der Waals surface area (Å²) in [7, 11) is 1.49. The van der Waals surface area contributed by atoms with Crippen molar-refractivity contribution in [1.82, 2.24) is 0 Å². The van der Waals surface area contributed by atoms with Crippen molar-refractivity contribution >= 4 is 35.1 Å². The number of rotatable bonds is 7. The van der Waals surface area contributed by atoms with Crippen molar-refractivity contribution < 1.29 is 28.7 Å². The Balaban J connectivity index is 1.14. The third kappa shape index (κ3) is 4.35. The molecule has 1 saturated heterocycles. The minimum Gasteiger partial charge on any atom is -0.495 e. The van der Waals surface area contributed by atoms with Gasteiger partial charge in [-0.05, 0) is 66.5 Å². The SMILES string of the molecule is COc1ccccc1NC(=O)COC(=O)c1cccc(N2C(=O)[C@@H]3[C@@H]4C[C@@H]([C@@H]3C2=O)[C@@H](c2ccccc2)C4)c1. The number of amides is 3. The predicted octanol–water partition coefficient (Wildman–Crippen LogP) is 4.42. The molecule has 5 atom stereocenters. The van der Waals surface area contributed by atoms with Crippen LogP contribution in [0.5, 0.6) is 5.75 Å². The van der Waals surface area contributed by atoms with Gasteiger partial charge < -0.3 is 14.8 Å². The van der Waals surface area contributed by atoms with E-state index >= 15 is 0 Å². The first kappa shape index (κ1) is 24.9. The second kappa shape index (κ2) is 10.0. The summed E-state index contributed by atoms with van der Waals surface area (Å²) in [6.07, 6.45) is 1.80. The van der Waals surface area contributed by atoms with Gasteiger partial charge in [-0.2, -0.15) is 0 Å². The standard InChI is InChI=1S/C31H28N2O6/c1-38-25-13-6-5-12-24(25)32-26(34)17-39-31(37)19-10-7-11-21(14-19)33-29(35)27-20-15-22(18-8-3-2-4-9-18)23(16-20)28(27)30(33)36/h2-14,20,22-23,27-28H,15-17H2,1H3,(H,32,34)/t20-,22+,23+,27+,28-/m0/s1. The summed E-state index contributed by atoms with van der Waals surface area (Å²) in [6, 6.07) is 23.4. The van der Waals surface area contributed by atoms with Gasteiger partial charge in [-0.1, -0.05) is 48.5 Å². The smallest absolute Gasteiger partial charge is 0.338 e. The molecule has 3 amide bonds. The Hall–Kier alpha value is -4.46. The first-order chi connectivity index (χ1) is 19.0. The van der Waals surface area contributed by atoms with E-state index in [4.69, 9.17) is 9.47 Å². The number of hydrogen-bond donors (Lipinski definition) is 1. The highest BCUT2D eigenvalue weighted by Gasteiger charge is 2.64. The van der Waals surface area contributed by atoms with Crippen LogP contribution in [0.25, 0.3) is 0 Å². The molecule has 2 aliphatic carbocycles. The van der Waals surface area contributed by atoms with Crippen molar-refractivity contribution in [1.29, 1.82) is 0 Å². The lowest BCUT2D eigenvalue weighted by molar-refractivity contribution is -0.123. The molecule has 8 nitrogen and oxygen atoms in total. The number of fused-ring (bicyclic) bond motifs is 5. The van der Waals surface area contributed by atoms with E-state index in [1.54, 1.807) is 36.4 Å². The molecule has 3 aliphatic rings. The van der Waals surface area contributed by atoms with E-state index < -0.39 is 18.5 Å². The zero-order valence-corrected chi connectivity index (χ0v) is 21.4. The van der Waals surface area contributed by atoms with Crippen molar-refractivity contribution in [3.63, 3.8) is 0 Å². The van der Waals surface area contributed by atoms with Crippen LogP contribution in [-0.4, -0.2) is 37.4 Å². The van der Waals surface area contributed by atoms with Crippen molar-refractivity contribution in [2.45, 2.75) is 18.8 Å². The van der Waals surface area contributed by atoms with Crippen LogP contribution in [0, 0.1) is 23.7 Å². The molecule has 0 radical (unpaired) electrons. The quantitative estimate of drug-likeness (QED) is 0.363. The number of ether oxygens (including phenoxy) is 2. The molecule has 8 heteroatoms. The van der Waals surface area contributed by atoms with Gasteiger partial charge in [0.2, 0.25) is 11.8 Å². The molecule has 2 bridgehead atoms. The number of para-hydroxylation sites is 2. The largest absolute Gasteiger partial charge is 0.495 e. The molecule has 6 rings (SSSR count). The number of carbonyl (C=O) groups is 4. The molecule has 1 N–H and O–H groups in total. The Labute approximate surface area is 225 Å². The number of carbonyl (C=O) groups excluding carboxylic acids is 4. The van der Waals surface area contributed by atoms with Crippen LogP contribution in [0.4, 0.5) is 11.4 Å². The van der Waals surface area contributed by atoms with Crippen LogP contribution >= 0.6 is 0 Å². The summed E-state index contributed by atoms with van der Waals surface area (Å²) in [5, 5.41) is 2.65. The van der Waals surface area contributed by atoms with Gasteiger partial charge in [0.25, 0.3) is 5.91 Å². The number of anilines is 2. The molecular weight excluding hydrogens is 496 g/mol. The molecular formula is C31H28N2O6. The number of nitrogens with zero attached hydrogens (tertiary/aromatic N) is 1. The Bertz CT molecular complexity index is 1450. The Morgan fingerprint density at radius 1 is 0.897 bits per heavy atom. The number of imide groups is 1. The molecule has 39 heavy (non-hydrogen) atoms. The van der Waals surface area contributed by atoms with Crippen LogP contribution in [0.15, 0.2) is 78.9 Å². The van der Waals surface area contributed by atoms with E-state index in [-0.39, 0.29) is 47.0 Å². The van der Waals surface area contributed by atoms with Gasteiger partial charge >= 0.3 is 5.97 Å². The maximum atomic E-state index is 13.6. The Morgan fingerprint density at radius 3 is 2.44 bits per heavy atom. The van der Waals surface area contributed by atoms with E-state index in [1.807, 2.05) is 18.2 Å². The molecule has 1 heterocycles. The molecule has 0 unspecified atom stereocenters. The van der Waals surface area contributed by atoms with Crippen LogP contribution in [0.2, 0.25) is 0 Å². The molecule has 0 spiro atoms. The average molecular weight is 525 g/mol. The number of methoxy groups -OCH3 is 1. The number of benzene rings is 3. The van der Waals surface area contributed by atoms with E-state index in [2.05, 4.69) is 17.4 Å². The molecule has 1 aliphatic heterocycles. The summed E-state index contributed by atoms with van der Waals surface area (Å²) in [5.74, 6) is -1.20. The lowest BCUT2D eigenvalue weighted by Gasteiger charge is -2.28. The molecule has 3 aromatic carbocycles. The fourth-order valence-corrected chi connectivity index (χ4v) is 6.72. The minimum absolute atomic E-state index is 0.138. The van der Waals surface area contributed by atoms with Gasteiger partial charge in [0.05, 0.1) is 35.9 Å². The van der Waals surface area contributed by atoms with Gasteiger partial charge in [0.15, 0.2) is 6.61 Å². The fraction of sp³-hybridized carbons (Fsp3) is 0.290. The van der Waals surface area contributed by atoms with Gasteiger partial charge in [0.1, 0.15) is 5.75 Å². The van der Waals surface area contributed by atoms with Gasteiger partial charge in [0, 0.05) is 0 Å². The highest BCUT2D eigenvalue weighted by molar-refractivity contribution is 6.23. The summed E-state index contributed by atoms with van der Waals surface area (Å²) < 4.78 is 10.4. The Morgan fingerprint density at radius 2 is 1.64 bits per heavy atom. The molecule has 198 valence electrons. The molecule has 2 saturated carbocycles. The van der Waals surface area contributed by atoms with Crippen molar-refractivity contribution in [3.05, 3.63) is 90.0 Å². The van der Waals surface area contributed by atoms with Crippen LogP contribution in [0.3, 0.4) is 0 Å². The van der Waals surface area contributed by atoms with Crippen LogP contribution < -0.4 is 15.0 Å². The first-order valence-corrected chi connectivity index (χ1v) is 13.1. The number of nitrogens with one attached hydrogen (secondary N) is 1.